The maximum absolute atomic E-state index is 4.39. The SMILES string of the molecule is CC(Cn1cncc1-c1cccc2c1NCC2)C1CC1. The van der Waals surface area contributed by atoms with E-state index in [1.165, 1.54) is 35.3 Å². The maximum Gasteiger partial charge on any atom is 0.0951 e. The van der Waals surface area contributed by atoms with Crippen LogP contribution in [0.2, 0.25) is 0 Å². The fourth-order valence-electron chi connectivity index (χ4n) is 3.37. The quantitative estimate of drug-likeness (QED) is 0.918. The molecule has 0 bridgehead atoms. The number of anilines is 1. The van der Waals surface area contributed by atoms with Crippen molar-refractivity contribution in [1.29, 1.82) is 0 Å². The van der Waals surface area contributed by atoms with Crippen LogP contribution in [-0.2, 0) is 13.0 Å². The van der Waals surface area contributed by atoms with Gasteiger partial charge in [-0.2, -0.15) is 0 Å². The molecule has 1 aromatic carbocycles. The van der Waals surface area contributed by atoms with E-state index in [1.54, 1.807) is 0 Å². The number of benzene rings is 1. The van der Waals surface area contributed by atoms with Gasteiger partial charge < -0.3 is 9.88 Å². The summed E-state index contributed by atoms with van der Waals surface area (Å²) in [6.07, 6.45) is 7.95. The van der Waals surface area contributed by atoms with Crippen molar-refractivity contribution in [3.8, 4) is 11.3 Å². The van der Waals surface area contributed by atoms with Crippen molar-refractivity contribution in [2.45, 2.75) is 32.7 Å². The molecule has 4 rings (SSSR count). The molecule has 1 unspecified atom stereocenters. The van der Waals surface area contributed by atoms with E-state index in [0.717, 1.165) is 31.3 Å². The summed E-state index contributed by atoms with van der Waals surface area (Å²) < 4.78 is 2.33. The Morgan fingerprint density at radius 1 is 1.40 bits per heavy atom. The van der Waals surface area contributed by atoms with Gasteiger partial charge in [-0.15, -0.1) is 0 Å². The zero-order chi connectivity index (χ0) is 13.5. The van der Waals surface area contributed by atoms with E-state index in [2.05, 4.69) is 40.0 Å². The first-order valence-corrected chi connectivity index (χ1v) is 7.69. The second-order valence-corrected chi connectivity index (χ2v) is 6.26. The molecule has 1 fully saturated rings. The largest absolute Gasteiger partial charge is 0.384 e. The van der Waals surface area contributed by atoms with E-state index in [-0.39, 0.29) is 0 Å². The Balaban J connectivity index is 1.69. The minimum Gasteiger partial charge on any atom is -0.384 e. The first kappa shape index (κ1) is 12.0. The molecule has 1 saturated carbocycles. The van der Waals surface area contributed by atoms with Gasteiger partial charge in [0.25, 0.3) is 0 Å². The van der Waals surface area contributed by atoms with Crippen LogP contribution in [0.4, 0.5) is 5.69 Å². The summed E-state index contributed by atoms with van der Waals surface area (Å²) in [6.45, 7) is 4.51. The van der Waals surface area contributed by atoms with Crippen molar-refractivity contribution < 1.29 is 0 Å². The molecule has 3 nitrogen and oxygen atoms in total. The normalized spacial score (nSPS) is 18.6. The second-order valence-electron chi connectivity index (χ2n) is 6.26. The lowest BCUT2D eigenvalue weighted by atomic mass is 10.0. The lowest BCUT2D eigenvalue weighted by Gasteiger charge is -2.15. The average Bonchev–Trinajstić information content (AvgIpc) is 3.03. The summed E-state index contributed by atoms with van der Waals surface area (Å²) in [4.78, 5) is 4.39. The van der Waals surface area contributed by atoms with Gasteiger partial charge in [-0.3, -0.25) is 0 Å². The number of nitrogens with one attached hydrogen (secondary N) is 1. The van der Waals surface area contributed by atoms with Gasteiger partial charge in [0.2, 0.25) is 0 Å². The molecule has 0 spiro atoms. The van der Waals surface area contributed by atoms with Gasteiger partial charge in [0, 0.05) is 24.3 Å². The summed E-state index contributed by atoms with van der Waals surface area (Å²) >= 11 is 0. The van der Waals surface area contributed by atoms with Crippen LogP contribution in [-0.4, -0.2) is 16.1 Å². The predicted molar refractivity (Wildman–Crippen MR) is 81.7 cm³/mol. The average molecular weight is 267 g/mol. The van der Waals surface area contributed by atoms with E-state index in [4.69, 9.17) is 0 Å². The Morgan fingerprint density at radius 3 is 3.15 bits per heavy atom. The zero-order valence-electron chi connectivity index (χ0n) is 12.0. The van der Waals surface area contributed by atoms with Gasteiger partial charge >= 0.3 is 0 Å². The maximum atomic E-state index is 4.39. The third kappa shape index (κ3) is 2.01. The molecule has 1 aliphatic heterocycles. The van der Waals surface area contributed by atoms with Gasteiger partial charge in [-0.25, -0.2) is 4.98 Å². The summed E-state index contributed by atoms with van der Waals surface area (Å²) in [6, 6.07) is 6.61. The summed E-state index contributed by atoms with van der Waals surface area (Å²) in [5.41, 5.74) is 5.31. The highest BCUT2D eigenvalue weighted by Crippen LogP contribution is 2.39. The molecule has 1 atom stereocenters. The molecular weight excluding hydrogens is 246 g/mol. The third-order valence-corrected chi connectivity index (χ3v) is 4.75. The molecular formula is C17H21N3. The molecule has 20 heavy (non-hydrogen) atoms. The van der Waals surface area contributed by atoms with Crippen molar-refractivity contribution in [2.75, 3.05) is 11.9 Å². The Bertz CT molecular complexity index is 625. The van der Waals surface area contributed by atoms with Crippen LogP contribution >= 0.6 is 0 Å². The van der Waals surface area contributed by atoms with Crippen LogP contribution in [0, 0.1) is 11.8 Å². The van der Waals surface area contributed by atoms with Crippen molar-refractivity contribution in [3.63, 3.8) is 0 Å². The highest BCUT2D eigenvalue weighted by molar-refractivity contribution is 5.79. The predicted octanol–water partition coefficient (Wildman–Crippen LogP) is 3.56. The zero-order valence-corrected chi connectivity index (χ0v) is 12.0. The van der Waals surface area contributed by atoms with Gasteiger partial charge in [0.05, 0.1) is 18.2 Å². The van der Waals surface area contributed by atoms with E-state index in [1.807, 2.05) is 12.5 Å². The minimum absolute atomic E-state index is 0.757. The topological polar surface area (TPSA) is 29.9 Å². The first-order chi connectivity index (χ1) is 9.83. The van der Waals surface area contributed by atoms with Crippen LogP contribution in [0.25, 0.3) is 11.3 Å². The number of fused-ring (bicyclic) bond motifs is 1. The molecule has 2 aromatic rings. The third-order valence-electron chi connectivity index (χ3n) is 4.75. The van der Waals surface area contributed by atoms with Crippen LogP contribution in [0.5, 0.6) is 0 Å². The van der Waals surface area contributed by atoms with Crippen LogP contribution in [0.3, 0.4) is 0 Å². The highest BCUT2D eigenvalue weighted by atomic mass is 15.1. The van der Waals surface area contributed by atoms with Crippen molar-refractivity contribution in [1.82, 2.24) is 9.55 Å². The van der Waals surface area contributed by atoms with E-state index in [9.17, 15) is 0 Å². The molecule has 0 amide bonds. The van der Waals surface area contributed by atoms with E-state index in [0.29, 0.717) is 0 Å². The molecule has 1 aliphatic carbocycles. The minimum atomic E-state index is 0.757. The summed E-state index contributed by atoms with van der Waals surface area (Å²) in [5.74, 6) is 1.69. The van der Waals surface area contributed by atoms with Gasteiger partial charge in [-0.1, -0.05) is 25.1 Å². The van der Waals surface area contributed by atoms with E-state index >= 15 is 0 Å². The number of aromatic nitrogens is 2. The molecule has 2 heterocycles. The summed E-state index contributed by atoms with van der Waals surface area (Å²) in [5, 5.41) is 3.53. The number of rotatable bonds is 4. The van der Waals surface area contributed by atoms with Crippen LogP contribution in [0.1, 0.15) is 25.3 Å². The molecule has 0 saturated heterocycles. The Morgan fingerprint density at radius 2 is 2.30 bits per heavy atom. The lowest BCUT2D eigenvalue weighted by molar-refractivity contribution is 0.432. The highest BCUT2D eigenvalue weighted by Gasteiger charge is 2.28. The van der Waals surface area contributed by atoms with Crippen LogP contribution < -0.4 is 5.32 Å². The Hall–Kier alpha value is -1.77. The van der Waals surface area contributed by atoms with Gasteiger partial charge in [0.1, 0.15) is 0 Å². The second kappa shape index (κ2) is 4.65. The molecule has 0 radical (unpaired) electrons. The first-order valence-electron chi connectivity index (χ1n) is 7.69. The Labute approximate surface area is 120 Å². The van der Waals surface area contributed by atoms with Gasteiger partial charge in [0.15, 0.2) is 0 Å². The molecule has 2 aliphatic rings. The van der Waals surface area contributed by atoms with Crippen molar-refractivity contribution >= 4 is 5.69 Å². The molecule has 104 valence electrons. The molecule has 3 heteroatoms. The molecule has 1 aromatic heterocycles. The van der Waals surface area contributed by atoms with Gasteiger partial charge in [-0.05, 0) is 36.7 Å². The fourth-order valence-corrected chi connectivity index (χ4v) is 3.37. The lowest BCUT2D eigenvalue weighted by Crippen LogP contribution is -2.10. The number of nitrogens with zero attached hydrogens (tertiary/aromatic N) is 2. The number of imidazole rings is 1. The van der Waals surface area contributed by atoms with Crippen LogP contribution in [0.15, 0.2) is 30.7 Å². The molecule has 1 N–H and O–H groups in total. The monoisotopic (exact) mass is 267 g/mol. The van der Waals surface area contributed by atoms with Crippen molar-refractivity contribution in [2.24, 2.45) is 11.8 Å². The smallest absolute Gasteiger partial charge is 0.0951 e. The van der Waals surface area contributed by atoms with Crippen molar-refractivity contribution in [3.05, 3.63) is 36.3 Å². The fraction of sp³-hybridized carbons (Fsp3) is 0.471. The Kier molecular flexibility index (Phi) is 2.79. The van der Waals surface area contributed by atoms with E-state index < -0.39 is 0 Å². The number of hydrogen-bond acceptors (Lipinski definition) is 2. The number of hydrogen-bond donors (Lipinski definition) is 1. The standard InChI is InChI=1S/C17H21N3/c1-12(13-5-6-13)10-20-11-18-9-16(20)15-4-2-3-14-7-8-19-17(14)15/h2-4,9,11-13,19H,5-8,10H2,1H3. The number of para-hydroxylation sites is 1. The summed E-state index contributed by atoms with van der Waals surface area (Å²) in [7, 11) is 0.